The van der Waals surface area contributed by atoms with E-state index in [2.05, 4.69) is 5.32 Å². The SMILES string of the molecule is CNC1CCC(C(C(N)=O)(c2ccccc2)c2ccccc2)C1. The van der Waals surface area contributed by atoms with Gasteiger partial charge in [-0.25, -0.2) is 0 Å². The van der Waals surface area contributed by atoms with Crippen molar-refractivity contribution in [2.24, 2.45) is 11.7 Å². The van der Waals surface area contributed by atoms with Crippen molar-refractivity contribution in [3.8, 4) is 0 Å². The lowest BCUT2D eigenvalue weighted by Crippen LogP contribution is -2.48. The highest BCUT2D eigenvalue weighted by molar-refractivity contribution is 5.91. The van der Waals surface area contributed by atoms with Crippen LogP contribution in [-0.2, 0) is 10.2 Å². The van der Waals surface area contributed by atoms with Crippen LogP contribution >= 0.6 is 0 Å². The average molecular weight is 308 g/mol. The van der Waals surface area contributed by atoms with Gasteiger partial charge in [-0.15, -0.1) is 0 Å². The molecule has 3 rings (SSSR count). The highest BCUT2D eigenvalue weighted by Gasteiger charge is 2.49. The van der Waals surface area contributed by atoms with Crippen molar-refractivity contribution in [1.29, 1.82) is 0 Å². The molecule has 1 aliphatic rings. The van der Waals surface area contributed by atoms with Crippen LogP contribution in [0.3, 0.4) is 0 Å². The zero-order valence-corrected chi connectivity index (χ0v) is 13.5. The Hall–Kier alpha value is -2.13. The number of amides is 1. The van der Waals surface area contributed by atoms with Gasteiger partial charge in [0.15, 0.2) is 0 Å². The Morgan fingerprint density at radius 3 is 1.91 bits per heavy atom. The molecular formula is C20H24N2O. The molecule has 0 heterocycles. The van der Waals surface area contributed by atoms with Crippen LogP contribution in [0.1, 0.15) is 30.4 Å². The fourth-order valence-corrected chi connectivity index (χ4v) is 4.16. The second kappa shape index (κ2) is 6.55. The van der Waals surface area contributed by atoms with E-state index in [1.54, 1.807) is 0 Å². The van der Waals surface area contributed by atoms with Gasteiger partial charge in [-0.05, 0) is 43.4 Å². The van der Waals surface area contributed by atoms with Crippen LogP contribution in [0.4, 0.5) is 0 Å². The number of carbonyl (C=O) groups excluding carboxylic acids is 1. The van der Waals surface area contributed by atoms with Gasteiger partial charge in [0.05, 0.1) is 0 Å². The van der Waals surface area contributed by atoms with Gasteiger partial charge in [0, 0.05) is 6.04 Å². The lowest BCUT2D eigenvalue weighted by molar-refractivity contribution is -0.123. The monoisotopic (exact) mass is 308 g/mol. The second-order valence-corrected chi connectivity index (χ2v) is 6.40. The number of hydrogen-bond donors (Lipinski definition) is 2. The quantitative estimate of drug-likeness (QED) is 0.892. The van der Waals surface area contributed by atoms with E-state index in [0.29, 0.717) is 6.04 Å². The van der Waals surface area contributed by atoms with Crippen LogP contribution in [0.2, 0.25) is 0 Å². The number of rotatable bonds is 5. The van der Waals surface area contributed by atoms with Crippen molar-refractivity contribution < 1.29 is 4.79 Å². The van der Waals surface area contributed by atoms with E-state index < -0.39 is 5.41 Å². The minimum atomic E-state index is -0.756. The molecule has 2 aromatic rings. The molecule has 1 aliphatic carbocycles. The second-order valence-electron chi connectivity index (χ2n) is 6.40. The van der Waals surface area contributed by atoms with Crippen LogP contribution in [0, 0.1) is 5.92 Å². The summed E-state index contributed by atoms with van der Waals surface area (Å²) in [6.45, 7) is 0. The first-order chi connectivity index (χ1) is 11.2. The number of carbonyl (C=O) groups is 1. The van der Waals surface area contributed by atoms with Gasteiger partial charge >= 0.3 is 0 Å². The maximum atomic E-state index is 12.8. The molecule has 0 saturated heterocycles. The van der Waals surface area contributed by atoms with Crippen LogP contribution in [0.5, 0.6) is 0 Å². The average Bonchev–Trinajstić information content (AvgIpc) is 3.06. The van der Waals surface area contributed by atoms with Crippen molar-refractivity contribution in [3.63, 3.8) is 0 Å². The summed E-state index contributed by atoms with van der Waals surface area (Å²) in [4.78, 5) is 12.8. The molecule has 23 heavy (non-hydrogen) atoms. The molecule has 2 unspecified atom stereocenters. The third-order valence-electron chi connectivity index (χ3n) is 5.30. The predicted molar refractivity (Wildman–Crippen MR) is 93.0 cm³/mol. The summed E-state index contributed by atoms with van der Waals surface area (Å²) in [5.74, 6) is -0.0427. The highest BCUT2D eigenvalue weighted by atomic mass is 16.1. The lowest BCUT2D eigenvalue weighted by Gasteiger charge is -2.37. The van der Waals surface area contributed by atoms with Gasteiger partial charge in [-0.1, -0.05) is 60.7 Å². The molecular weight excluding hydrogens is 284 g/mol. The Kier molecular flexibility index (Phi) is 4.49. The molecule has 1 amide bonds. The van der Waals surface area contributed by atoms with E-state index in [1.807, 2.05) is 67.7 Å². The fraction of sp³-hybridized carbons (Fsp3) is 0.350. The molecule has 0 aromatic heterocycles. The van der Waals surface area contributed by atoms with Gasteiger partial charge in [0.25, 0.3) is 0 Å². The number of nitrogens with two attached hydrogens (primary N) is 1. The van der Waals surface area contributed by atoms with Crippen molar-refractivity contribution in [2.45, 2.75) is 30.7 Å². The van der Waals surface area contributed by atoms with Gasteiger partial charge in [-0.2, -0.15) is 0 Å². The summed E-state index contributed by atoms with van der Waals surface area (Å²) in [6.07, 6.45) is 3.04. The summed E-state index contributed by atoms with van der Waals surface area (Å²) in [6, 6.07) is 20.5. The van der Waals surface area contributed by atoms with E-state index >= 15 is 0 Å². The van der Waals surface area contributed by atoms with Crippen LogP contribution < -0.4 is 11.1 Å². The van der Waals surface area contributed by atoms with Gasteiger partial charge in [0.2, 0.25) is 5.91 Å². The maximum absolute atomic E-state index is 12.8. The summed E-state index contributed by atoms with van der Waals surface area (Å²) >= 11 is 0. The molecule has 2 atom stereocenters. The smallest absolute Gasteiger partial charge is 0.232 e. The first-order valence-electron chi connectivity index (χ1n) is 8.27. The van der Waals surface area contributed by atoms with Gasteiger partial charge < -0.3 is 11.1 Å². The topological polar surface area (TPSA) is 55.1 Å². The first-order valence-corrected chi connectivity index (χ1v) is 8.27. The Bertz CT molecular complexity index is 614. The predicted octanol–water partition coefficient (Wildman–Crippen LogP) is 2.85. The summed E-state index contributed by atoms with van der Waals surface area (Å²) in [5, 5.41) is 3.36. The van der Waals surface area contributed by atoms with Gasteiger partial charge in [-0.3, -0.25) is 4.79 Å². The maximum Gasteiger partial charge on any atom is 0.232 e. The highest BCUT2D eigenvalue weighted by Crippen LogP contribution is 2.46. The zero-order chi connectivity index (χ0) is 16.3. The molecule has 3 heteroatoms. The summed E-state index contributed by atoms with van der Waals surface area (Å²) in [7, 11) is 1.99. The van der Waals surface area contributed by atoms with E-state index in [9.17, 15) is 4.79 Å². The molecule has 3 nitrogen and oxygen atoms in total. The van der Waals surface area contributed by atoms with Crippen LogP contribution in [0.15, 0.2) is 60.7 Å². The molecule has 1 fully saturated rings. The molecule has 0 spiro atoms. The number of nitrogens with one attached hydrogen (secondary N) is 1. The standard InChI is InChI=1S/C20H24N2O/c1-22-18-13-12-17(14-18)20(19(21)23,15-8-4-2-5-9-15)16-10-6-3-7-11-16/h2-11,17-18,22H,12-14H2,1H3,(H2,21,23). The van der Waals surface area contributed by atoms with E-state index in [0.717, 1.165) is 30.4 Å². The van der Waals surface area contributed by atoms with Crippen molar-refractivity contribution >= 4 is 5.91 Å². The van der Waals surface area contributed by atoms with Crippen molar-refractivity contribution in [2.75, 3.05) is 7.05 Å². The third-order valence-corrected chi connectivity index (χ3v) is 5.30. The van der Waals surface area contributed by atoms with E-state index in [1.165, 1.54) is 0 Å². The van der Waals surface area contributed by atoms with Crippen molar-refractivity contribution in [3.05, 3.63) is 71.8 Å². The molecule has 1 saturated carbocycles. The van der Waals surface area contributed by atoms with E-state index in [4.69, 9.17) is 5.73 Å². The van der Waals surface area contributed by atoms with Crippen LogP contribution in [-0.4, -0.2) is 19.0 Å². The largest absolute Gasteiger partial charge is 0.369 e. The third kappa shape index (κ3) is 2.66. The molecule has 0 aliphatic heterocycles. The van der Waals surface area contributed by atoms with E-state index in [-0.39, 0.29) is 11.8 Å². The Morgan fingerprint density at radius 1 is 1.00 bits per heavy atom. The summed E-state index contributed by atoms with van der Waals surface area (Å²) < 4.78 is 0. The Morgan fingerprint density at radius 2 is 1.52 bits per heavy atom. The fourth-order valence-electron chi connectivity index (χ4n) is 4.16. The zero-order valence-electron chi connectivity index (χ0n) is 13.5. The lowest BCUT2D eigenvalue weighted by atomic mass is 9.64. The minimum Gasteiger partial charge on any atom is -0.369 e. The summed E-state index contributed by atoms with van der Waals surface area (Å²) in [5.41, 5.74) is 7.29. The number of benzene rings is 2. The molecule has 120 valence electrons. The molecule has 0 bridgehead atoms. The normalized spacial score (nSPS) is 21.3. The van der Waals surface area contributed by atoms with Gasteiger partial charge in [0.1, 0.15) is 5.41 Å². The Balaban J connectivity index is 2.18. The minimum absolute atomic E-state index is 0.210. The number of primary amides is 1. The van der Waals surface area contributed by atoms with Crippen molar-refractivity contribution in [1.82, 2.24) is 5.32 Å². The molecule has 3 N–H and O–H groups in total. The van der Waals surface area contributed by atoms with Crippen LogP contribution in [0.25, 0.3) is 0 Å². The number of hydrogen-bond acceptors (Lipinski definition) is 2. The Labute approximate surface area is 137 Å². The molecule has 2 aromatic carbocycles. The molecule has 0 radical (unpaired) electrons. The first kappa shape index (κ1) is 15.8.